The summed E-state index contributed by atoms with van der Waals surface area (Å²) in [5.74, 6) is 0.212. The van der Waals surface area contributed by atoms with Crippen LogP contribution in [0.25, 0.3) is 0 Å². The molecular formula is C20H21FN2O3. The lowest BCUT2D eigenvalue weighted by Gasteiger charge is -2.17. The number of ether oxygens (including phenoxy) is 1. The van der Waals surface area contributed by atoms with Crippen LogP contribution in [0.3, 0.4) is 0 Å². The first-order chi connectivity index (χ1) is 12.5. The fraction of sp³-hybridized carbons (Fsp3) is 0.300. The zero-order valence-corrected chi connectivity index (χ0v) is 14.6. The van der Waals surface area contributed by atoms with Gasteiger partial charge in [0.1, 0.15) is 11.6 Å². The van der Waals surface area contributed by atoms with Crippen LogP contribution in [0, 0.1) is 5.82 Å². The molecule has 2 amide bonds. The Morgan fingerprint density at radius 1 is 1.19 bits per heavy atom. The number of carbonyl (C=O) groups is 2. The number of nitrogens with one attached hydrogen (secondary N) is 1. The lowest BCUT2D eigenvalue weighted by Crippen LogP contribution is -2.38. The van der Waals surface area contributed by atoms with E-state index in [9.17, 15) is 14.0 Å². The summed E-state index contributed by atoms with van der Waals surface area (Å²) in [5.41, 5.74) is 1.52. The third kappa shape index (κ3) is 4.39. The molecule has 0 radical (unpaired) electrons. The Kier molecular flexibility index (Phi) is 5.51. The van der Waals surface area contributed by atoms with Crippen molar-refractivity contribution in [3.05, 3.63) is 59.9 Å². The van der Waals surface area contributed by atoms with Crippen LogP contribution in [0.5, 0.6) is 5.75 Å². The fourth-order valence-corrected chi connectivity index (χ4v) is 3.01. The second-order valence-corrected chi connectivity index (χ2v) is 6.20. The number of amides is 2. The average molecular weight is 356 g/mol. The van der Waals surface area contributed by atoms with Crippen molar-refractivity contribution >= 4 is 17.5 Å². The lowest BCUT2D eigenvalue weighted by molar-refractivity contribution is -0.121. The first-order valence-corrected chi connectivity index (χ1v) is 8.62. The van der Waals surface area contributed by atoms with Crippen molar-refractivity contribution in [1.29, 1.82) is 0 Å². The number of halogens is 1. The van der Waals surface area contributed by atoms with Crippen molar-refractivity contribution in [3.63, 3.8) is 0 Å². The molecule has 0 aromatic heterocycles. The van der Waals surface area contributed by atoms with E-state index in [1.165, 1.54) is 12.1 Å². The molecule has 1 fully saturated rings. The van der Waals surface area contributed by atoms with Gasteiger partial charge in [-0.2, -0.15) is 0 Å². The van der Waals surface area contributed by atoms with Crippen LogP contribution < -0.4 is 15.0 Å². The Labute approximate surface area is 151 Å². The Bertz CT molecular complexity index is 775. The first-order valence-electron chi connectivity index (χ1n) is 8.62. The van der Waals surface area contributed by atoms with Crippen LogP contribution in [-0.4, -0.2) is 31.0 Å². The van der Waals surface area contributed by atoms with E-state index in [1.807, 2.05) is 31.2 Å². The smallest absolute Gasteiger partial charge is 0.229 e. The van der Waals surface area contributed by atoms with Crippen LogP contribution in [-0.2, 0) is 16.0 Å². The van der Waals surface area contributed by atoms with Crippen LogP contribution in [0.2, 0.25) is 0 Å². The van der Waals surface area contributed by atoms with Crippen LogP contribution in [0.4, 0.5) is 10.1 Å². The second-order valence-electron chi connectivity index (χ2n) is 6.20. The predicted molar refractivity (Wildman–Crippen MR) is 96.6 cm³/mol. The van der Waals surface area contributed by atoms with Crippen molar-refractivity contribution in [1.82, 2.24) is 5.32 Å². The third-order valence-corrected chi connectivity index (χ3v) is 4.23. The molecule has 0 aliphatic carbocycles. The molecular weight excluding hydrogens is 335 g/mol. The quantitative estimate of drug-likeness (QED) is 0.866. The fourth-order valence-electron chi connectivity index (χ4n) is 3.01. The minimum absolute atomic E-state index is 0.0806. The van der Waals surface area contributed by atoms with Gasteiger partial charge in [0.25, 0.3) is 0 Å². The topological polar surface area (TPSA) is 58.6 Å². The van der Waals surface area contributed by atoms with Gasteiger partial charge in [-0.3, -0.25) is 9.59 Å². The van der Waals surface area contributed by atoms with Gasteiger partial charge < -0.3 is 15.0 Å². The molecule has 0 bridgehead atoms. The molecule has 6 heteroatoms. The SMILES string of the molecule is CCOc1ccc(CC(=O)N[C@@H]2CC(=O)N(c3ccc(F)cc3)C2)cc1. The van der Waals surface area contributed by atoms with Gasteiger partial charge in [0.15, 0.2) is 0 Å². The van der Waals surface area contributed by atoms with Gasteiger partial charge in [0, 0.05) is 18.7 Å². The summed E-state index contributed by atoms with van der Waals surface area (Å²) in [6.45, 7) is 2.90. The van der Waals surface area contributed by atoms with Crippen molar-refractivity contribution in [2.24, 2.45) is 0 Å². The standard InChI is InChI=1S/C20H21FN2O3/c1-2-26-18-9-3-14(4-10-18)11-19(24)22-16-12-20(25)23(13-16)17-7-5-15(21)6-8-17/h3-10,16H,2,11-13H2,1H3,(H,22,24)/t16-/m1/s1. The Balaban J connectivity index is 1.55. The van der Waals surface area contributed by atoms with Crippen LogP contribution in [0.1, 0.15) is 18.9 Å². The van der Waals surface area contributed by atoms with E-state index in [4.69, 9.17) is 4.74 Å². The van der Waals surface area contributed by atoms with Gasteiger partial charge in [-0.1, -0.05) is 12.1 Å². The average Bonchev–Trinajstić information content (AvgIpc) is 2.97. The normalized spacial score (nSPS) is 16.6. The number of hydrogen-bond acceptors (Lipinski definition) is 3. The Hall–Kier alpha value is -2.89. The number of benzene rings is 2. The number of anilines is 1. The maximum absolute atomic E-state index is 13.0. The molecule has 1 saturated heterocycles. The molecule has 1 aliphatic heterocycles. The number of nitrogens with zero attached hydrogens (tertiary/aromatic N) is 1. The van der Waals surface area contributed by atoms with Gasteiger partial charge in [0.2, 0.25) is 11.8 Å². The summed E-state index contributed by atoms with van der Waals surface area (Å²) < 4.78 is 18.4. The second kappa shape index (κ2) is 7.99. The van der Waals surface area contributed by atoms with Crippen molar-refractivity contribution in [2.45, 2.75) is 25.8 Å². The largest absolute Gasteiger partial charge is 0.494 e. The molecule has 2 aromatic carbocycles. The zero-order valence-electron chi connectivity index (χ0n) is 14.6. The molecule has 1 heterocycles. The van der Waals surface area contributed by atoms with E-state index in [-0.39, 0.29) is 36.5 Å². The molecule has 136 valence electrons. The molecule has 2 aromatic rings. The van der Waals surface area contributed by atoms with Gasteiger partial charge >= 0.3 is 0 Å². The van der Waals surface area contributed by atoms with Crippen molar-refractivity contribution < 1.29 is 18.7 Å². The van der Waals surface area contributed by atoms with E-state index >= 15 is 0 Å². The van der Waals surface area contributed by atoms with Gasteiger partial charge in [-0.15, -0.1) is 0 Å². The number of carbonyl (C=O) groups excluding carboxylic acids is 2. The molecule has 0 spiro atoms. The summed E-state index contributed by atoms with van der Waals surface area (Å²) in [5, 5.41) is 2.90. The molecule has 26 heavy (non-hydrogen) atoms. The molecule has 1 N–H and O–H groups in total. The third-order valence-electron chi connectivity index (χ3n) is 4.23. The van der Waals surface area contributed by atoms with E-state index in [1.54, 1.807) is 17.0 Å². The monoisotopic (exact) mass is 356 g/mol. The van der Waals surface area contributed by atoms with Crippen LogP contribution in [0.15, 0.2) is 48.5 Å². The number of rotatable bonds is 6. The van der Waals surface area contributed by atoms with Gasteiger partial charge in [-0.25, -0.2) is 4.39 Å². The minimum atomic E-state index is -0.347. The summed E-state index contributed by atoms with van der Waals surface area (Å²) in [4.78, 5) is 26.0. The Morgan fingerprint density at radius 3 is 2.54 bits per heavy atom. The molecule has 5 nitrogen and oxygen atoms in total. The summed E-state index contributed by atoms with van der Waals surface area (Å²) in [6.07, 6.45) is 0.486. The van der Waals surface area contributed by atoms with E-state index in [0.717, 1.165) is 11.3 Å². The maximum atomic E-state index is 13.0. The van der Waals surface area contributed by atoms with Crippen LogP contribution >= 0.6 is 0 Å². The van der Waals surface area contributed by atoms with Crippen molar-refractivity contribution in [2.75, 3.05) is 18.1 Å². The highest BCUT2D eigenvalue weighted by atomic mass is 19.1. The zero-order chi connectivity index (χ0) is 18.5. The maximum Gasteiger partial charge on any atom is 0.229 e. The highest BCUT2D eigenvalue weighted by Gasteiger charge is 2.31. The summed E-state index contributed by atoms with van der Waals surface area (Å²) in [7, 11) is 0. The predicted octanol–water partition coefficient (Wildman–Crippen LogP) is 2.69. The van der Waals surface area contributed by atoms with E-state index in [2.05, 4.69) is 5.32 Å². The van der Waals surface area contributed by atoms with Gasteiger partial charge in [0.05, 0.1) is 19.1 Å². The van der Waals surface area contributed by atoms with E-state index < -0.39 is 0 Å². The first kappa shape index (κ1) is 17.9. The summed E-state index contributed by atoms with van der Waals surface area (Å²) >= 11 is 0. The molecule has 3 rings (SSSR count). The molecule has 0 saturated carbocycles. The molecule has 0 unspecified atom stereocenters. The molecule has 1 aliphatic rings. The highest BCUT2D eigenvalue weighted by molar-refractivity contribution is 5.96. The summed E-state index contributed by atoms with van der Waals surface area (Å²) in [6, 6.07) is 12.9. The lowest BCUT2D eigenvalue weighted by atomic mass is 10.1. The minimum Gasteiger partial charge on any atom is -0.494 e. The highest BCUT2D eigenvalue weighted by Crippen LogP contribution is 2.22. The Morgan fingerprint density at radius 2 is 1.88 bits per heavy atom. The molecule has 1 atom stereocenters. The van der Waals surface area contributed by atoms with Gasteiger partial charge in [-0.05, 0) is 48.9 Å². The number of hydrogen-bond donors (Lipinski definition) is 1. The van der Waals surface area contributed by atoms with E-state index in [0.29, 0.717) is 18.8 Å². The van der Waals surface area contributed by atoms with Crippen molar-refractivity contribution in [3.8, 4) is 5.75 Å².